The molecule has 1 aromatic carbocycles. The van der Waals surface area contributed by atoms with E-state index in [-0.39, 0.29) is 17.6 Å². The Kier molecular flexibility index (Phi) is 3.83. The van der Waals surface area contributed by atoms with Crippen molar-refractivity contribution in [1.29, 1.82) is 0 Å². The summed E-state index contributed by atoms with van der Waals surface area (Å²) in [5.41, 5.74) is 1.58. The molecule has 0 aliphatic carbocycles. The number of likely N-dealkylation sites (tertiary alicyclic amines) is 1. The van der Waals surface area contributed by atoms with E-state index >= 15 is 0 Å². The fourth-order valence-electron chi connectivity index (χ4n) is 3.26. The zero-order valence-electron chi connectivity index (χ0n) is 13.1. The molecule has 1 aliphatic heterocycles. The summed E-state index contributed by atoms with van der Waals surface area (Å²) in [7, 11) is 0. The molecule has 1 aliphatic rings. The highest BCUT2D eigenvalue weighted by Gasteiger charge is 2.35. The highest BCUT2D eigenvalue weighted by atomic mass is 19.1. The van der Waals surface area contributed by atoms with Crippen LogP contribution in [-0.4, -0.2) is 39.5 Å². The third kappa shape index (κ3) is 2.81. The number of carboxylic acid groups (broad SMARTS) is 1. The van der Waals surface area contributed by atoms with Crippen LogP contribution < -0.4 is 0 Å². The molecule has 1 aromatic heterocycles. The average molecular weight is 318 g/mol. The van der Waals surface area contributed by atoms with Crippen LogP contribution in [0.3, 0.4) is 0 Å². The van der Waals surface area contributed by atoms with Crippen molar-refractivity contribution in [2.24, 2.45) is 5.92 Å². The molecule has 2 unspecified atom stereocenters. The number of rotatable bonds is 2. The molecular weight excluding hydrogens is 299 g/mol. The molecule has 2 aromatic rings. The lowest BCUT2D eigenvalue weighted by Crippen LogP contribution is -2.49. The first kappa shape index (κ1) is 15.5. The van der Waals surface area contributed by atoms with E-state index in [1.54, 1.807) is 13.0 Å². The Balaban J connectivity index is 1.96. The summed E-state index contributed by atoms with van der Waals surface area (Å²) in [6, 6.07) is 3.61. The summed E-state index contributed by atoms with van der Waals surface area (Å²) in [5, 5.41) is 10.2. The van der Waals surface area contributed by atoms with Crippen molar-refractivity contribution in [3.8, 4) is 0 Å². The molecule has 5 nitrogen and oxygen atoms in total. The molecule has 0 radical (unpaired) electrons. The molecule has 23 heavy (non-hydrogen) atoms. The third-order valence-electron chi connectivity index (χ3n) is 4.55. The Hall–Kier alpha value is -2.37. The molecule has 3 rings (SSSR count). The van der Waals surface area contributed by atoms with Crippen molar-refractivity contribution in [2.75, 3.05) is 6.54 Å². The second-order valence-corrected chi connectivity index (χ2v) is 6.35. The molecule has 2 N–H and O–H groups in total. The van der Waals surface area contributed by atoms with E-state index in [4.69, 9.17) is 0 Å². The number of aromatic nitrogens is 1. The molecule has 1 fully saturated rings. The number of carbonyl (C=O) groups is 2. The van der Waals surface area contributed by atoms with Crippen LogP contribution in [0.4, 0.5) is 4.39 Å². The standard InChI is InChI=1S/C17H19FN2O3/c1-9-3-4-20(15(5-9)17(22)23)16(21)14-8-12-10(2)6-11(18)7-13(12)19-14/h6-9,15,19H,3-5H2,1-2H3,(H,22,23). The first-order valence-electron chi connectivity index (χ1n) is 7.69. The fraction of sp³-hybridized carbons (Fsp3) is 0.412. The van der Waals surface area contributed by atoms with Gasteiger partial charge in [0.2, 0.25) is 0 Å². The molecule has 122 valence electrons. The van der Waals surface area contributed by atoms with E-state index < -0.39 is 12.0 Å². The number of fused-ring (bicyclic) bond motifs is 1. The van der Waals surface area contributed by atoms with Gasteiger partial charge in [0.05, 0.1) is 0 Å². The maximum Gasteiger partial charge on any atom is 0.326 e. The number of amides is 1. The Morgan fingerprint density at radius 3 is 2.78 bits per heavy atom. The van der Waals surface area contributed by atoms with E-state index in [1.807, 2.05) is 6.92 Å². The van der Waals surface area contributed by atoms with Crippen LogP contribution in [0.2, 0.25) is 0 Å². The monoisotopic (exact) mass is 318 g/mol. The molecule has 1 saturated heterocycles. The van der Waals surface area contributed by atoms with Crippen molar-refractivity contribution in [3.05, 3.63) is 35.3 Å². The summed E-state index contributed by atoms with van der Waals surface area (Å²) in [6.45, 7) is 4.18. The van der Waals surface area contributed by atoms with Gasteiger partial charge >= 0.3 is 5.97 Å². The minimum Gasteiger partial charge on any atom is -0.480 e. The number of nitrogens with zero attached hydrogens (tertiary/aromatic N) is 1. The van der Waals surface area contributed by atoms with Crippen LogP contribution >= 0.6 is 0 Å². The van der Waals surface area contributed by atoms with Gasteiger partial charge in [-0.05, 0) is 49.4 Å². The fourth-order valence-corrected chi connectivity index (χ4v) is 3.26. The van der Waals surface area contributed by atoms with Gasteiger partial charge in [-0.1, -0.05) is 6.92 Å². The number of nitrogens with one attached hydrogen (secondary N) is 1. The predicted molar refractivity (Wildman–Crippen MR) is 83.9 cm³/mol. The van der Waals surface area contributed by atoms with E-state index in [9.17, 15) is 19.1 Å². The number of H-pyrrole nitrogens is 1. The lowest BCUT2D eigenvalue weighted by atomic mass is 9.92. The largest absolute Gasteiger partial charge is 0.480 e. The molecule has 6 heteroatoms. The highest BCUT2D eigenvalue weighted by molar-refractivity contribution is 6.00. The van der Waals surface area contributed by atoms with Crippen molar-refractivity contribution in [1.82, 2.24) is 9.88 Å². The molecule has 1 amide bonds. The van der Waals surface area contributed by atoms with Gasteiger partial charge in [0.25, 0.3) is 5.91 Å². The highest BCUT2D eigenvalue weighted by Crippen LogP contribution is 2.26. The number of halogens is 1. The number of aliphatic carboxylic acids is 1. The Morgan fingerprint density at radius 1 is 1.35 bits per heavy atom. The van der Waals surface area contributed by atoms with Crippen LogP contribution in [-0.2, 0) is 4.79 Å². The summed E-state index contributed by atoms with van der Waals surface area (Å²) in [4.78, 5) is 28.5. The number of carboxylic acids is 1. The molecular formula is C17H19FN2O3. The van der Waals surface area contributed by atoms with E-state index in [1.165, 1.54) is 17.0 Å². The topological polar surface area (TPSA) is 73.4 Å². The van der Waals surface area contributed by atoms with Crippen molar-refractivity contribution >= 4 is 22.8 Å². The van der Waals surface area contributed by atoms with Gasteiger partial charge in [-0.2, -0.15) is 0 Å². The average Bonchev–Trinajstić information content (AvgIpc) is 2.90. The minimum absolute atomic E-state index is 0.277. The second-order valence-electron chi connectivity index (χ2n) is 6.35. The normalized spacial score (nSPS) is 21.6. The summed E-state index contributed by atoms with van der Waals surface area (Å²) in [6.07, 6.45) is 1.23. The van der Waals surface area contributed by atoms with Gasteiger partial charge < -0.3 is 15.0 Å². The van der Waals surface area contributed by atoms with E-state index in [0.29, 0.717) is 24.2 Å². The van der Waals surface area contributed by atoms with Gasteiger partial charge in [-0.3, -0.25) is 4.79 Å². The molecule has 2 atom stereocenters. The number of hydrogen-bond donors (Lipinski definition) is 2. The lowest BCUT2D eigenvalue weighted by molar-refractivity contribution is -0.144. The Bertz CT molecular complexity index is 783. The van der Waals surface area contributed by atoms with Crippen LogP contribution in [0.5, 0.6) is 0 Å². The first-order valence-corrected chi connectivity index (χ1v) is 7.69. The number of hydrogen-bond acceptors (Lipinski definition) is 2. The van der Waals surface area contributed by atoms with Crippen LogP contribution in [0.1, 0.15) is 35.8 Å². The van der Waals surface area contributed by atoms with Crippen LogP contribution in [0.25, 0.3) is 10.9 Å². The maximum absolute atomic E-state index is 13.5. The first-order chi connectivity index (χ1) is 10.9. The number of carbonyl (C=O) groups excluding carboxylic acids is 1. The minimum atomic E-state index is -0.983. The van der Waals surface area contributed by atoms with Gasteiger partial charge in [-0.15, -0.1) is 0 Å². The number of aryl methyl sites for hydroxylation is 1. The summed E-state index contributed by atoms with van der Waals surface area (Å²) < 4.78 is 13.5. The quantitative estimate of drug-likeness (QED) is 0.894. The van der Waals surface area contributed by atoms with Gasteiger partial charge in [-0.25, -0.2) is 9.18 Å². The van der Waals surface area contributed by atoms with Crippen LogP contribution in [0, 0.1) is 18.7 Å². The predicted octanol–water partition coefficient (Wildman–Crippen LogP) is 2.94. The zero-order chi connectivity index (χ0) is 16.7. The van der Waals surface area contributed by atoms with Crippen molar-refractivity contribution in [3.63, 3.8) is 0 Å². The number of benzene rings is 1. The van der Waals surface area contributed by atoms with Gasteiger partial charge in [0, 0.05) is 17.4 Å². The van der Waals surface area contributed by atoms with Gasteiger partial charge in [0.1, 0.15) is 17.6 Å². The molecule has 0 saturated carbocycles. The third-order valence-corrected chi connectivity index (χ3v) is 4.55. The molecule has 2 heterocycles. The molecule has 0 spiro atoms. The summed E-state index contributed by atoms with van der Waals surface area (Å²) in [5.74, 6) is -1.42. The van der Waals surface area contributed by atoms with E-state index in [2.05, 4.69) is 4.98 Å². The SMILES string of the molecule is Cc1cc(F)cc2[nH]c(C(=O)N3CCC(C)CC3C(=O)O)cc12. The Labute approximate surface area is 133 Å². The maximum atomic E-state index is 13.5. The van der Waals surface area contributed by atoms with Crippen molar-refractivity contribution in [2.45, 2.75) is 32.7 Å². The van der Waals surface area contributed by atoms with E-state index in [0.717, 1.165) is 17.4 Å². The van der Waals surface area contributed by atoms with Crippen LogP contribution in [0.15, 0.2) is 18.2 Å². The second kappa shape index (κ2) is 5.68. The number of piperidine rings is 1. The molecule has 0 bridgehead atoms. The van der Waals surface area contributed by atoms with Crippen molar-refractivity contribution < 1.29 is 19.1 Å². The zero-order valence-corrected chi connectivity index (χ0v) is 13.1. The smallest absolute Gasteiger partial charge is 0.326 e. The lowest BCUT2D eigenvalue weighted by Gasteiger charge is -2.35. The number of aromatic amines is 1. The Morgan fingerprint density at radius 2 is 2.09 bits per heavy atom. The summed E-state index contributed by atoms with van der Waals surface area (Å²) >= 11 is 0. The van der Waals surface area contributed by atoms with Gasteiger partial charge in [0.15, 0.2) is 0 Å².